The van der Waals surface area contributed by atoms with Gasteiger partial charge < -0.3 is 14.6 Å². The number of aliphatic carboxylic acids is 1. The number of ether oxygens (including phenoxy) is 2. The highest BCUT2D eigenvalue weighted by Gasteiger charge is 2.35. The fourth-order valence-corrected chi connectivity index (χ4v) is 2.37. The van der Waals surface area contributed by atoms with Crippen molar-refractivity contribution in [1.82, 2.24) is 4.90 Å². The van der Waals surface area contributed by atoms with Crippen LogP contribution in [0.5, 0.6) is 11.5 Å². The fourth-order valence-electron chi connectivity index (χ4n) is 2.37. The number of rotatable bonds is 3. The molecule has 1 fully saturated rings. The van der Waals surface area contributed by atoms with Crippen LogP contribution in [0.2, 0.25) is 0 Å². The maximum atomic E-state index is 10.8. The predicted octanol–water partition coefficient (Wildman–Crippen LogP) is 1.49. The first-order chi connectivity index (χ1) is 8.65. The van der Waals surface area contributed by atoms with E-state index in [1.807, 2.05) is 18.2 Å². The van der Waals surface area contributed by atoms with Crippen LogP contribution in [-0.4, -0.2) is 35.9 Å². The van der Waals surface area contributed by atoms with Crippen molar-refractivity contribution in [3.05, 3.63) is 23.8 Å². The van der Waals surface area contributed by atoms with Gasteiger partial charge in [-0.25, -0.2) is 0 Å². The van der Waals surface area contributed by atoms with Crippen LogP contribution < -0.4 is 9.47 Å². The van der Waals surface area contributed by atoms with Gasteiger partial charge in [0, 0.05) is 19.1 Å². The molecular formula is C13H15NO4. The zero-order chi connectivity index (χ0) is 12.7. The van der Waals surface area contributed by atoms with Gasteiger partial charge in [0.25, 0.3) is 0 Å². The Labute approximate surface area is 105 Å². The van der Waals surface area contributed by atoms with Gasteiger partial charge in [0.15, 0.2) is 11.5 Å². The Morgan fingerprint density at radius 2 is 2.11 bits per heavy atom. The second kappa shape index (κ2) is 4.17. The molecule has 1 N–H and O–H groups in total. The van der Waals surface area contributed by atoms with Crippen molar-refractivity contribution >= 4 is 5.97 Å². The van der Waals surface area contributed by atoms with Gasteiger partial charge in [-0.2, -0.15) is 0 Å². The maximum absolute atomic E-state index is 10.8. The average molecular weight is 249 g/mol. The number of hydrogen-bond acceptors (Lipinski definition) is 4. The molecule has 1 aromatic rings. The quantitative estimate of drug-likeness (QED) is 0.879. The first-order valence-corrected chi connectivity index (χ1v) is 6.01. The van der Waals surface area contributed by atoms with E-state index in [0.29, 0.717) is 13.1 Å². The van der Waals surface area contributed by atoms with E-state index in [2.05, 4.69) is 11.8 Å². The van der Waals surface area contributed by atoms with Crippen LogP contribution in [0.25, 0.3) is 0 Å². The van der Waals surface area contributed by atoms with Gasteiger partial charge in [0.1, 0.15) is 0 Å². The lowest BCUT2D eigenvalue weighted by Crippen LogP contribution is -2.51. The lowest BCUT2D eigenvalue weighted by atomic mass is 9.95. The molecule has 0 saturated carbocycles. The smallest absolute Gasteiger partial charge is 0.309 e. The number of carboxylic acids is 1. The summed E-state index contributed by atoms with van der Waals surface area (Å²) in [7, 11) is 0. The molecular weight excluding hydrogens is 234 g/mol. The van der Waals surface area contributed by atoms with Crippen LogP contribution in [0, 0.1) is 5.92 Å². The van der Waals surface area contributed by atoms with Crippen molar-refractivity contribution in [3.63, 3.8) is 0 Å². The minimum Gasteiger partial charge on any atom is -0.481 e. The fraction of sp³-hybridized carbons (Fsp3) is 0.462. The van der Waals surface area contributed by atoms with Crippen molar-refractivity contribution in [2.75, 3.05) is 19.9 Å². The number of carbonyl (C=O) groups is 1. The van der Waals surface area contributed by atoms with E-state index in [4.69, 9.17) is 14.6 Å². The summed E-state index contributed by atoms with van der Waals surface area (Å²) in [4.78, 5) is 12.9. The van der Waals surface area contributed by atoms with Gasteiger partial charge in [-0.1, -0.05) is 6.07 Å². The van der Waals surface area contributed by atoms with Gasteiger partial charge in [0.2, 0.25) is 6.79 Å². The Bertz CT molecular complexity index is 482. The number of carboxylic acid groups (broad SMARTS) is 1. The molecule has 0 aromatic heterocycles. The number of likely N-dealkylation sites (tertiary alicyclic amines) is 1. The molecule has 96 valence electrons. The van der Waals surface area contributed by atoms with Gasteiger partial charge in [-0.05, 0) is 24.6 Å². The lowest BCUT2D eigenvalue weighted by Gasteiger charge is -2.41. The number of nitrogens with zero attached hydrogens (tertiary/aromatic N) is 1. The maximum Gasteiger partial charge on any atom is 0.309 e. The molecule has 0 aliphatic carbocycles. The van der Waals surface area contributed by atoms with Crippen LogP contribution >= 0.6 is 0 Å². The van der Waals surface area contributed by atoms with Gasteiger partial charge in [-0.3, -0.25) is 9.69 Å². The molecule has 18 heavy (non-hydrogen) atoms. The zero-order valence-electron chi connectivity index (χ0n) is 10.1. The largest absolute Gasteiger partial charge is 0.481 e. The van der Waals surface area contributed by atoms with E-state index in [0.717, 1.165) is 17.1 Å². The average Bonchev–Trinajstić information content (AvgIpc) is 2.72. The first-order valence-electron chi connectivity index (χ1n) is 6.01. The Morgan fingerprint density at radius 1 is 1.39 bits per heavy atom. The number of hydrogen-bond donors (Lipinski definition) is 1. The van der Waals surface area contributed by atoms with Crippen LogP contribution in [-0.2, 0) is 4.79 Å². The Balaban J connectivity index is 1.70. The van der Waals surface area contributed by atoms with Gasteiger partial charge in [0.05, 0.1) is 5.92 Å². The Morgan fingerprint density at radius 3 is 2.83 bits per heavy atom. The van der Waals surface area contributed by atoms with Crippen LogP contribution in [0.15, 0.2) is 18.2 Å². The van der Waals surface area contributed by atoms with E-state index in [-0.39, 0.29) is 18.8 Å². The van der Waals surface area contributed by atoms with E-state index >= 15 is 0 Å². The molecule has 5 nitrogen and oxygen atoms in total. The third kappa shape index (κ3) is 1.80. The zero-order valence-corrected chi connectivity index (χ0v) is 10.1. The first kappa shape index (κ1) is 11.3. The normalized spacial score (nSPS) is 20.5. The van der Waals surface area contributed by atoms with Crippen molar-refractivity contribution < 1.29 is 19.4 Å². The number of fused-ring (bicyclic) bond motifs is 1. The van der Waals surface area contributed by atoms with Crippen molar-refractivity contribution in [1.29, 1.82) is 0 Å². The summed E-state index contributed by atoms with van der Waals surface area (Å²) in [6.45, 7) is 3.59. The molecule has 2 heterocycles. The van der Waals surface area contributed by atoms with Gasteiger partial charge >= 0.3 is 5.97 Å². The van der Waals surface area contributed by atoms with Gasteiger partial charge in [-0.15, -0.1) is 0 Å². The highest BCUT2D eigenvalue weighted by atomic mass is 16.7. The molecule has 0 radical (unpaired) electrons. The molecule has 0 bridgehead atoms. The molecule has 5 heteroatoms. The molecule has 2 aliphatic heterocycles. The highest BCUT2D eigenvalue weighted by Crippen LogP contribution is 2.36. The van der Waals surface area contributed by atoms with Crippen molar-refractivity contribution in [2.24, 2.45) is 5.92 Å². The topological polar surface area (TPSA) is 59.0 Å². The molecule has 1 unspecified atom stereocenters. The third-order valence-corrected chi connectivity index (χ3v) is 3.69. The molecule has 2 aliphatic rings. The van der Waals surface area contributed by atoms with E-state index in [1.54, 1.807) is 0 Å². The molecule has 1 atom stereocenters. The summed E-state index contributed by atoms with van der Waals surface area (Å²) in [5.74, 6) is 0.623. The monoisotopic (exact) mass is 249 g/mol. The molecule has 3 rings (SSSR count). The molecule has 0 amide bonds. The summed E-state index contributed by atoms with van der Waals surface area (Å²) >= 11 is 0. The van der Waals surface area contributed by atoms with E-state index in [1.165, 1.54) is 0 Å². The van der Waals surface area contributed by atoms with Crippen LogP contribution in [0.3, 0.4) is 0 Å². The second-order valence-electron chi connectivity index (χ2n) is 4.78. The second-order valence-corrected chi connectivity index (χ2v) is 4.78. The van der Waals surface area contributed by atoms with Crippen molar-refractivity contribution in [2.45, 2.75) is 13.0 Å². The lowest BCUT2D eigenvalue weighted by molar-refractivity contribution is -0.148. The minimum absolute atomic E-state index is 0.204. The molecule has 1 aromatic carbocycles. The summed E-state index contributed by atoms with van der Waals surface area (Å²) in [6, 6.07) is 6.09. The van der Waals surface area contributed by atoms with E-state index in [9.17, 15) is 4.79 Å². The predicted molar refractivity (Wildman–Crippen MR) is 63.7 cm³/mol. The SMILES string of the molecule is CC(c1ccc2c(c1)OCO2)N1CC(C(=O)O)C1. The summed E-state index contributed by atoms with van der Waals surface area (Å²) in [6.07, 6.45) is 0. The van der Waals surface area contributed by atoms with Crippen LogP contribution in [0.4, 0.5) is 0 Å². The Kier molecular flexibility index (Phi) is 2.63. The van der Waals surface area contributed by atoms with Crippen LogP contribution in [0.1, 0.15) is 18.5 Å². The third-order valence-electron chi connectivity index (χ3n) is 3.69. The molecule has 0 spiro atoms. The summed E-state index contributed by atoms with van der Waals surface area (Å²) < 4.78 is 10.6. The summed E-state index contributed by atoms with van der Waals surface area (Å²) in [5.41, 5.74) is 1.13. The standard InChI is InChI=1S/C13H15NO4/c1-8(14-5-10(6-14)13(15)16)9-2-3-11-12(4-9)18-7-17-11/h2-4,8,10H,5-7H2,1H3,(H,15,16). The number of benzene rings is 1. The molecule has 1 saturated heterocycles. The Hall–Kier alpha value is -1.75. The minimum atomic E-state index is -0.705. The van der Waals surface area contributed by atoms with E-state index < -0.39 is 5.97 Å². The highest BCUT2D eigenvalue weighted by molar-refractivity contribution is 5.71. The summed E-state index contributed by atoms with van der Waals surface area (Å²) in [5, 5.41) is 8.87. The van der Waals surface area contributed by atoms with Crippen molar-refractivity contribution in [3.8, 4) is 11.5 Å².